The Morgan fingerprint density at radius 3 is 2.45 bits per heavy atom. The molecule has 6 rings (SSSR count). The lowest BCUT2D eigenvalue weighted by atomic mass is 9.45. The number of hydrogen-bond donors (Lipinski definition) is 4. The molecule has 264 valence electrons. The van der Waals surface area contributed by atoms with Crippen molar-refractivity contribution in [2.45, 2.75) is 71.2 Å². The van der Waals surface area contributed by atoms with Crippen LogP contribution >= 0.6 is 0 Å². The average Bonchev–Trinajstić information content (AvgIpc) is 3.47. The number of carbonyl (C=O) groups is 2. The molecule has 4 N–H and O–H groups in total. The Bertz CT molecular complexity index is 1520. The molecular formula is C40H53N3O6. The first-order valence-electron chi connectivity index (χ1n) is 17.5. The number of fused-ring (bicyclic) bond motifs is 2. The van der Waals surface area contributed by atoms with Crippen LogP contribution in [0.2, 0.25) is 0 Å². The van der Waals surface area contributed by atoms with Crippen LogP contribution in [0.15, 0.2) is 84.7 Å². The van der Waals surface area contributed by atoms with E-state index in [9.17, 15) is 19.8 Å². The van der Waals surface area contributed by atoms with Crippen LogP contribution < -0.4 is 10.6 Å². The lowest BCUT2D eigenvalue weighted by Gasteiger charge is -2.62. The number of nitrogens with one attached hydrogen (secondary N) is 2. The van der Waals surface area contributed by atoms with Gasteiger partial charge >= 0.3 is 0 Å². The van der Waals surface area contributed by atoms with Gasteiger partial charge in [-0.2, -0.15) is 5.06 Å². The molecule has 2 bridgehead atoms. The summed E-state index contributed by atoms with van der Waals surface area (Å²) in [4.78, 5) is 33.0. The zero-order valence-electron chi connectivity index (χ0n) is 29.5. The van der Waals surface area contributed by atoms with E-state index in [1.54, 1.807) is 43.4 Å². The summed E-state index contributed by atoms with van der Waals surface area (Å²) in [5, 5.41) is 28.9. The first-order valence-corrected chi connectivity index (χ1v) is 17.5. The van der Waals surface area contributed by atoms with E-state index in [1.807, 2.05) is 48.5 Å². The van der Waals surface area contributed by atoms with E-state index in [-0.39, 0.29) is 36.4 Å². The van der Waals surface area contributed by atoms with Crippen molar-refractivity contribution >= 4 is 17.9 Å². The monoisotopic (exact) mass is 671 g/mol. The fraction of sp³-hybridized carbons (Fsp3) is 0.500. The Kier molecular flexibility index (Phi) is 11.8. The maximum absolute atomic E-state index is 14.1. The van der Waals surface area contributed by atoms with Crippen LogP contribution in [0, 0.1) is 29.1 Å². The summed E-state index contributed by atoms with van der Waals surface area (Å²) in [6.07, 6.45) is 6.53. The van der Waals surface area contributed by atoms with Crippen LogP contribution in [0.1, 0.15) is 62.0 Å². The van der Waals surface area contributed by atoms with Crippen molar-refractivity contribution in [2.24, 2.45) is 29.1 Å². The predicted molar refractivity (Wildman–Crippen MR) is 191 cm³/mol. The first-order chi connectivity index (χ1) is 23.5. The van der Waals surface area contributed by atoms with Crippen molar-refractivity contribution in [3.63, 3.8) is 0 Å². The van der Waals surface area contributed by atoms with E-state index in [1.165, 1.54) is 6.42 Å². The van der Waals surface area contributed by atoms with Gasteiger partial charge in [0.2, 0.25) is 5.91 Å². The molecule has 8 atom stereocenters. The molecule has 0 radical (unpaired) electrons. The minimum Gasteiger partial charge on any atom is -0.496 e. The van der Waals surface area contributed by atoms with Gasteiger partial charge in [-0.3, -0.25) is 14.4 Å². The number of benzene rings is 2. The highest BCUT2D eigenvalue weighted by Crippen LogP contribution is 2.61. The molecule has 3 aliphatic carbocycles. The minimum absolute atomic E-state index is 0.0421. The van der Waals surface area contributed by atoms with E-state index in [2.05, 4.69) is 38.0 Å². The molecule has 1 saturated heterocycles. The highest BCUT2D eigenvalue weighted by molar-refractivity contribution is 5.94. The van der Waals surface area contributed by atoms with Crippen LogP contribution in [-0.2, 0) is 20.8 Å². The van der Waals surface area contributed by atoms with Gasteiger partial charge in [0.1, 0.15) is 17.9 Å². The Balaban J connectivity index is 1.29. The molecule has 0 unspecified atom stereocenters. The molecule has 4 fully saturated rings. The van der Waals surface area contributed by atoms with E-state index >= 15 is 0 Å². The second-order valence-electron chi connectivity index (χ2n) is 14.5. The van der Waals surface area contributed by atoms with Crippen molar-refractivity contribution in [3.05, 3.63) is 101 Å². The Morgan fingerprint density at radius 1 is 1.14 bits per heavy atom. The summed E-state index contributed by atoms with van der Waals surface area (Å²) in [6, 6.07) is 16.5. The van der Waals surface area contributed by atoms with Gasteiger partial charge in [0.25, 0.3) is 5.91 Å². The number of hydroxylamine groups is 2. The number of amides is 2. The summed E-state index contributed by atoms with van der Waals surface area (Å²) in [6.45, 7) is 12.8. The Hall–Kier alpha value is -3.76. The standard InChI is InChI=1S/C40H53N3O6/c1-7-11-30(34(48-6)20-28-14-16-29(17-15-28)38(46)41-19-18-27-12-9-8-10-13-27)23-43-37(36(26(3)45)35(24-44)49-43)39(47)42-33-22-31-21-32(25(33)2)40(31,4)5/h7-17,20,25-26,31-33,35-37,44-45H,1,18-19,21-24H2,2-6H3,(H,41,46)(H,42,47)/b30-11-,34-20-/t25-,26-,31+,32-,33-,35-,36+,37-/m0/s1. The van der Waals surface area contributed by atoms with Crippen LogP contribution in [0.3, 0.4) is 0 Å². The van der Waals surface area contributed by atoms with Crippen molar-refractivity contribution in [1.29, 1.82) is 0 Å². The highest BCUT2D eigenvalue weighted by atomic mass is 16.7. The molecule has 2 amide bonds. The van der Waals surface area contributed by atoms with E-state index in [4.69, 9.17) is 9.57 Å². The van der Waals surface area contributed by atoms with Crippen molar-refractivity contribution in [1.82, 2.24) is 15.7 Å². The molecule has 0 aromatic heterocycles. The number of ether oxygens (including phenoxy) is 1. The molecule has 9 heteroatoms. The van der Waals surface area contributed by atoms with Gasteiger partial charge in [0.15, 0.2) is 0 Å². The average molecular weight is 672 g/mol. The number of carbonyl (C=O) groups excluding carboxylic acids is 2. The minimum atomic E-state index is -0.896. The van der Waals surface area contributed by atoms with Crippen LogP contribution in [0.25, 0.3) is 6.08 Å². The maximum atomic E-state index is 14.1. The number of methoxy groups -OCH3 is 1. The summed E-state index contributed by atoms with van der Waals surface area (Å²) in [5.41, 5.74) is 3.51. The number of nitrogens with zero attached hydrogens (tertiary/aromatic N) is 1. The van der Waals surface area contributed by atoms with Crippen molar-refractivity contribution < 1.29 is 29.4 Å². The maximum Gasteiger partial charge on any atom is 0.251 e. The van der Waals surface area contributed by atoms with Crippen molar-refractivity contribution in [2.75, 3.05) is 26.8 Å². The highest BCUT2D eigenvalue weighted by Gasteiger charge is 2.57. The molecular weight excluding hydrogens is 618 g/mol. The van der Waals surface area contributed by atoms with Gasteiger partial charge in [-0.15, -0.1) is 0 Å². The lowest BCUT2D eigenvalue weighted by molar-refractivity contribution is -0.173. The Labute approximate surface area is 291 Å². The lowest BCUT2D eigenvalue weighted by Crippen LogP contribution is -2.62. The van der Waals surface area contributed by atoms with Gasteiger partial charge in [-0.25, -0.2) is 0 Å². The third-order valence-corrected chi connectivity index (χ3v) is 11.3. The van der Waals surface area contributed by atoms with Crippen LogP contribution in [0.5, 0.6) is 0 Å². The molecule has 3 saturated carbocycles. The van der Waals surface area contributed by atoms with Gasteiger partial charge < -0.3 is 25.6 Å². The Morgan fingerprint density at radius 2 is 1.86 bits per heavy atom. The van der Waals surface area contributed by atoms with Crippen LogP contribution in [-0.4, -0.2) is 78.2 Å². The quantitative estimate of drug-likeness (QED) is 0.166. The molecule has 4 aliphatic rings. The number of allylic oxidation sites excluding steroid dienone is 2. The smallest absolute Gasteiger partial charge is 0.251 e. The first kappa shape index (κ1) is 36.5. The SMILES string of the molecule is C=C/C=C(CN1O[C@@H](CO)[C@@H]([C@H](C)O)[C@H]1C(=O)N[C@H]1C[C@H]2C[C@@H]([C@@H]1C)C2(C)C)\C(=C\c1ccc(C(=O)NCCc2ccccc2)cc1)OC. The molecule has 49 heavy (non-hydrogen) atoms. The van der Waals surface area contributed by atoms with Gasteiger partial charge in [0, 0.05) is 29.6 Å². The third-order valence-electron chi connectivity index (χ3n) is 11.3. The third kappa shape index (κ3) is 8.01. The molecule has 9 nitrogen and oxygen atoms in total. The second-order valence-corrected chi connectivity index (χ2v) is 14.5. The van der Waals surface area contributed by atoms with E-state index in [0.29, 0.717) is 41.2 Å². The topological polar surface area (TPSA) is 120 Å². The summed E-state index contributed by atoms with van der Waals surface area (Å²) >= 11 is 0. The second kappa shape index (κ2) is 15.9. The van der Waals surface area contributed by atoms with Gasteiger partial charge in [-0.05, 0) is 78.7 Å². The number of hydrogen-bond acceptors (Lipinski definition) is 7. The normalized spacial score (nSPS) is 28.7. The van der Waals surface area contributed by atoms with E-state index < -0.39 is 24.2 Å². The molecule has 2 aromatic carbocycles. The summed E-state index contributed by atoms with van der Waals surface area (Å²) < 4.78 is 5.83. The van der Waals surface area contributed by atoms with Crippen molar-refractivity contribution in [3.8, 4) is 0 Å². The zero-order valence-corrected chi connectivity index (χ0v) is 29.5. The number of aliphatic hydroxyl groups is 2. The summed E-state index contributed by atoms with van der Waals surface area (Å²) in [7, 11) is 1.57. The van der Waals surface area contributed by atoms with Gasteiger partial charge in [-0.1, -0.05) is 82.0 Å². The zero-order chi connectivity index (χ0) is 35.3. The summed E-state index contributed by atoms with van der Waals surface area (Å²) in [5.74, 6) is 1.00. The largest absolute Gasteiger partial charge is 0.496 e. The number of aliphatic hydroxyl groups excluding tert-OH is 2. The van der Waals surface area contributed by atoms with Crippen LogP contribution in [0.4, 0.5) is 0 Å². The molecule has 1 aliphatic heterocycles. The fourth-order valence-corrected chi connectivity index (χ4v) is 8.24. The fourth-order valence-electron chi connectivity index (χ4n) is 8.24. The molecule has 2 aromatic rings. The number of rotatable bonds is 14. The predicted octanol–water partition coefficient (Wildman–Crippen LogP) is 4.92. The van der Waals surface area contributed by atoms with Gasteiger partial charge in [0.05, 0.1) is 26.4 Å². The molecule has 0 spiro atoms. The molecule has 1 heterocycles. The van der Waals surface area contributed by atoms with E-state index in [0.717, 1.165) is 24.0 Å².